The zero-order valence-corrected chi connectivity index (χ0v) is 14.8. The lowest BCUT2D eigenvalue weighted by atomic mass is 10.1. The molecule has 3 aromatic rings. The molecule has 140 valence electrons. The van der Waals surface area contributed by atoms with Gasteiger partial charge in [0.05, 0.1) is 23.1 Å². The first kappa shape index (κ1) is 17.6. The number of carbonyl (C=O) groups excluding carboxylic acids is 3. The van der Waals surface area contributed by atoms with Crippen LogP contribution >= 0.6 is 0 Å². The lowest BCUT2D eigenvalue weighted by Crippen LogP contribution is -2.32. The molecule has 28 heavy (non-hydrogen) atoms. The molecule has 8 nitrogen and oxygen atoms in total. The summed E-state index contributed by atoms with van der Waals surface area (Å²) in [6, 6.07) is 13.8. The summed E-state index contributed by atoms with van der Waals surface area (Å²) in [5.41, 5.74) is 7.26. The minimum Gasteiger partial charge on any atom is -0.457 e. The van der Waals surface area contributed by atoms with Crippen LogP contribution in [0, 0.1) is 0 Å². The Kier molecular flexibility index (Phi) is 4.44. The predicted molar refractivity (Wildman–Crippen MR) is 100 cm³/mol. The average molecular weight is 376 g/mol. The molecule has 0 radical (unpaired) electrons. The van der Waals surface area contributed by atoms with Gasteiger partial charge in [0.2, 0.25) is 0 Å². The van der Waals surface area contributed by atoms with E-state index in [4.69, 9.17) is 10.5 Å². The van der Waals surface area contributed by atoms with Gasteiger partial charge in [-0.1, -0.05) is 24.3 Å². The van der Waals surface area contributed by atoms with E-state index in [9.17, 15) is 14.4 Å². The molecule has 1 aliphatic rings. The van der Waals surface area contributed by atoms with Crippen LogP contribution in [0.15, 0.2) is 48.5 Å². The number of esters is 1. The highest BCUT2D eigenvalue weighted by Gasteiger charge is 2.35. The van der Waals surface area contributed by atoms with Crippen LogP contribution in [0.4, 0.5) is 5.82 Å². The van der Waals surface area contributed by atoms with Gasteiger partial charge in [-0.25, -0.2) is 9.97 Å². The molecule has 0 saturated heterocycles. The van der Waals surface area contributed by atoms with Crippen molar-refractivity contribution in [3.8, 4) is 0 Å². The molecule has 2 heterocycles. The molecule has 1 aliphatic heterocycles. The van der Waals surface area contributed by atoms with E-state index in [-0.39, 0.29) is 25.4 Å². The first-order chi connectivity index (χ1) is 13.5. The molecule has 1 aromatic heterocycles. The summed E-state index contributed by atoms with van der Waals surface area (Å²) < 4.78 is 5.17. The Morgan fingerprint density at radius 3 is 2.32 bits per heavy atom. The summed E-state index contributed by atoms with van der Waals surface area (Å²) in [6.45, 7) is -0.193. The molecule has 0 unspecified atom stereocenters. The lowest BCUT2D eigenvalue weighted by Gasteiger charge is -2.13. The topological polar surface area (TPSA) is 115 Å². The molecule has 2 N–H and O–H groups in total. The number of nitrogen functional groups attached to an aromatic ring is 1. The standard InChI is InChI=1S/C20H16N4O4/c21-18-14-7-3-4-8-15(14)22-16(23-18)11-28-17(25)9-10-24-19(26)12-5-1-2-6-13(12)20(24)27/h1-8H,9-11H2,(H2,21,22,23). The molecular weight excluding hydrogens is 360 g/mol. The van der Waals surface area contributed by atoms with Crippen LogP contribution in [0.25, 0.3) is 10.9 Å². The van der Waals surface area contributed by atoms with Gasteiger partial charge in [0.1, 0.15) is 5.82 Å². The molecule has 0 aliphatic carbocycles. The number of hydrogen-bond acceptors (Lipinski definition) is 7. The predicted octanol–water partition coefficient (Wildman–Crippen LogP) is 1.94. The average Bonchev–Trinajstić information content (AvgIpc) is 2.95. The first-order valence-electron chi connectivity index (χ1n) is 8.66. The summed E-state index contributed by atoms with van der Waals surface area (Å²) in [7, 11) is 0. The highest BCUT2D eigenvalue weighted by molar-refractivity contribution is 6.21. The number of aromatic nitrogens is 2. The van der Waals surface area contributed by atoms with Gasteiger partial charge in [0.25, 0.3) is 11.8 Å². The van der Waals surface area contributed by atoms with Crippen molar-refractivity contribution in [3.63, 3.8) is 0 Å². The zero-order valence-electron chi connectivity index (χ0n) is 14.8. The number of nitrogens with two attached hydrogens (primary N) is 1. The summed E-state index contributed by atoms with van der Waals surface area (Å²) >= 11 is 0. The zero-order chi connectivity index (χ0) is 19.7. The van der Waals surface area contributed by atoms with Gasteiger partial charge >= 0.3 is 5.97 Å². The van der Waals surface area contributed by atoms with Crippen LogP contribution in [0.2, 0.25) is 0 Å². The number of para-hydroxylation sites is 1. The summed E-state index contributed by atoms with van der Waals surface area (Å²) in [6.07, 6.45) is -0.117. The number of ether oxygens (including phenoxy) is 1. The quantitative estimate of drug-likeness (QED) is 0.534. The van der Waals surface area contributed by atoms with Crippen molar-refractivity contribution < 1.29 is 19.1 Å². The molecule has 0 fully saturated rings. The third kappa shape index (κ3) is 3.16. The highest BCUT2D eigenvalue weighted by atomic mass is 16.5. The van der Waals surface area contributed by atoms with Crippen molar-refractivity contribution in [1.82, 2.24) is 14.9 Å². The van der Waals surface area contributed by atoms with Crippen LogP contribution in [0.1, 0.15) is 33.0 Å². The van der Waals surface area contributed by atoms with E-state index < -0.39 is 17.8 Å². The molecule has 0 bridgehead atoms. The Hall–Kier alpha value is -3.81. The van der Waals surface area contributed by atoms with Crippen LogP contribution < -0.4 is 5.73 Å². The summed E-state index contributed by atoms with van der Waals surface area (Å²) in [4.78, 5) is 46.1. The van der Waals surface area contributed by atoms with Crippen molar-refractivity contribution in [1.29, 1.82) is 0 Å². The monoisotopic (exact) mass is 376 g/mol. The molecular formula is C20H16N4O4. The van der Waals surface area contributed by atoms with Crippen molar-refractivity contribution >= 4 is 34.5 Å². The van der Waals surface area contributed by atoms with Gasteiger partial charge in [0, 0.05) is 11.9 Å². The fraction of sp³-hybridized carbons (Fsp3) is 0.150. The first-order valence-corrected chi connectivity index (χ1v) is 8.66. The Morgan fingerprint density at radius 2 is 1.61 bits per heavy atom. The third-order valence-corrected chi connectivity index (χ3v) is 4.46. The highest BCUT2D eigenvalue weighted by Crippen LogP contribution is 2.22. The second kappa shape index (κ2) is 7.07. The van der Waals surface area contributed by atoms with Crippen LogP contribution in [-0.4, -0.2) is 39.2 Å². The van der Waals surface area contributed by atoms with Gasteiger partial charge in [-0.05, 0) is 24.3 Å². The molecule has 0 spiro atoms. The van der Waals surface area contributed by atoms with E-state index in [0.29, 0.717) is 22.5 Å². The van der Waals surface area contributed by atoms with E-state index in [2.05, 4.69) is 9.97 Å². The van der Waals surface area contributed by atoms with Gasteiger partial charge in [-0.15, -0.1) is 0 Å². The third-order valence-electron chi connectivity index (χ3n) is 4.46. The van der Waals surface area contributed by atoms with E-state index in [0.717, 1.165) is 10.3 Å². The fourth-order valence-electron chi connectivity index (χ4n) is 3.08. The van der Waals surface area contributed by atoms with Crippen LogP contribution in [0.5, 0.6) is 0 Å². The van der Waals surface area contributed by atoms with E-state index in [1.54, 1.807) is 30.3 Å². The van der Waals surface area contributed by atoms with Gasteiger partial charge in [-0.3, -0.25) is 19.3 Å². The normalized spacial score (nSPS) is 13.1. The molecule has 4 rings (SSSR count). The maximum atomic E-state index is 12.3. The van der Waals surface area contributed by atoms with E-state index in [1.807, 2.05) is 18.2 Å². The Balaban J connectivity index is 1.36. The number of amides is 2. The lowest BCUT2D eigenvalue weighted by molar-refractivity contribution is -0.145. The van der Waals surface area contributed by atoms with Crippen molar-refractivity contribution in [2.75, 3.05) is 12.3 Å². The number of imide groups is 1. The minimum atomic E-state index is -0.563. The fourth-order valence-corrected chi connectivity index (χ4v) is 3.08. The number of anilines is 1. The number of hydrogen-bond donors (Lipinski definition) is 1. The maximum Gasteiger partial charge on any atom is 0.308 e. The Bertz CT molecular complexity index is 1080. The van der Waals surface area contributed by atoms with E-state index >= 15 is 0 Å². The van der Waals surface area contributed by atoms with Gasteiger partial charge in [-0.2, -0.15) is 0 Å². The number of carbonyl (C=O) groups is 3. The van der Waals surface area contributed by atoms with Crippen LogP contribution in [0.3, 0.4) is 0 Å². The molecule has 0 saturated carbocycles. The SMILES string of the molecule is Nc1nc(COC(=O)CCN2C(=O)c3ccccc3C2=O)nc2ccccc12. The largest absolute Gasteiger partial charge is 0.457 e. The van der Waals surface area contributed by atoms with Gasteiger partial charge < -0.3 is 10.5 Å². The Labute approximate surface area is 159 Å². The minimum absolute atomic E-state index is 0.0497. The number of benzene rings is 2. The maximum absolute atomic E-state index is 12.3. The second-order valence-corrected chi connectivity index (χ2v) is 6.26. The van der Waals surface area contributed by atoms with Crippen molar-refractivity contribution in [2.24, 2.45) is 0 Å². The molecule has 2 amide bonds. The van der Waals surface area contributed by atoms with Crippen molar-refractivity contribution in [3.05, 3.63) is 65.5 Å². The van der Waals surface area contributed by atoms with Crippen LogP contribution in [-0.2, 0) is 16.1 Å². The van der Waals surface area contributed by atoms with Gasteiger partial charge in [0.15, 0.2) is 12.4 Å². The second-order valence-electron chi connectivity index (χ2n) is 6.26. The van der Waals surface area contributed by atoms with Crippen molar-refractivity contribution in [2.45, 2.75) is 13.0 Å². The smallest absolute Gasteiger partial charge is 0.308 e. The van der Waals surface area contributed by atoms with E-state index in [1.165, 1.54) is 0 Å². The molecule has 8 heteroatoms. The number of nitrogens with zero attached hydrogens (tertiary/aromatic N) is 3. The Morgan fingerprint density at radius 1 is 0.964 bits per heavy atom. The molecule has 0 atom stereocenters. The number of fused-ring (bicyclic) bond motifs is 2. The number of rotatable bonds is 5. The summed E-state index contributed by atoms with van der Waals surface area (Å²) in [5.74, 6) is -0.780. The summed E-state index contributed by atoms with van der Waals surface area (Å²) in [5, 5.41) is 0.725. The molecule has 2 aromatic carbocycles.